The van der Waals surface area contributed by atoms with Gasteiger partial charge in [0.1, 0.15) is 0 Å². The van der Waals surface area contributed by atoms with E-state index in [1.165, 1.54) is 24.1 Å². The molecule has 22 heavy (non-hydrogen) atoms. The van der Waals surface area contributed by atoms with Crippen molar-refractivity contribution < 1.29 is 22.7 Å². The van der Waals surface area contributed by atoms with Gasteiger partial charge >= 0.3 is 5.97 Å². The summed E-state index contributed by atoms with van der Waals surface area (Å²) in [6.07, 6.45) is 0.412. The molecule has 1 aromatic rings. The number of likely N-dealkylation sites (N-methyl/N-ethyl adjacent to an activating group) is 1. The van der Waals surface area contributed by atoms with Crippen molar-refractivity contribution >= 4 is 33.3 Å². The van der Waals surface area contributed by atoms with Gasteiger partial charge in [-0.05, 0) is 30.7 Å². The SMILES string of the molecule is CN(C(=O)COC(=O)c1ccc(Cl)cc1)[C@H]1CCS(=O)(=O)C1. The Balaban J connectivity index is 1.87. The third-order valence-corrected chi connectivity index (χ3v) is 5.56. The molecule has 6 nitrogen and oxygen atoms in total. The second-order valence-electron chi connectivity index (χ2n) is 5.14. The van der Waals surface area contributed by atoms with Gasteiger partial charge in [-0.1, -0.05) is 11.6 Å². The second-order valence-corrected chi connectivity index (χ2v) is 7.81. The normalized spacial score (nSPS) is 19.6. The highest BCUT2D eigenvalue weighted by molar-refractivity contribution is 7.91. The van der Waals surface area contributed by atoms with Crippen molar-refractivity contribution in [2.45, 2.75) is 12.5 Å². The van der Waals surface area contributed by atoms with Gasteiger partial charge < -0.3 is 9.64 Å². The highest BCUT2D eigenvalue weighted by atomic mass is 35.5. The zero-order valence-electron chi connectivity index (χ0n) is 12.0. The van der Waals surface area contributed by atoms with E-state index in [4.69, 9.17) is 16.3 Å². The molecule has 120 valence electrons. The molecular weight excluding hydrogens is 330 g/mol. The molecule has 0 aliphatic carbocycles. The van der Waals surface area contributed by atoms with Gasteiger partial charge in [0.25, 0.3) is 5.91 Å². The molecule has 8 heteroatoms. The van der Waals surface area contributed by atoms with Crippen LogP contribution in [0.25, 0.3) is 0 Å². The van der Waals surface area contributed by atoms with Crippen molar-refractivity contribution in [1.29, 1.82) is 0 Å². The van der Waals surface area contributed by atoms with E-state index < -0.39 is 28.3 Å². The molecule has 0 saturated carbocycles. The van der Waals surface area contributed by atoms with Crippen LogP contribution in [0.2, 0.25) is 5.02 Å². The van der Waals surface area contributed by atoms with E-state index >= 15 is 0 Å². The maximum atomic E-state index is 12.0. The zero-order valence-corrected chi connectivity index (χ0v) is 13.6. The van der Waals surface area contributed by atoms with Crippen molar-refractivity contribution in [3.05, 3.63) is 34.9 Å². The standard InChI is InChI=1S/C14H16ClNO5S/c1-16(12-6-7-22(19,20)9-12)13(17)8-21-14(18)10-2-4-11(15)5-3-10/h2-5,12H,6-9H2,1H3/t12-/m0/s1. The quantitative estimate of drug-likeness (QED) is 0.764. The number of carbonyl (C=O) groups excluding carboxylic acids is 2. The van der Waals surface area contributed by atoms with Crippen molar-refractivity contribution in [1.82, 2.24) is 4.90 Å². The van der Waals surface area contributed by atoms with E-state index in [0.717, 1.165) is 0 Å². The van der Waals surface area contributed by atoms with Gasteiger partial charge in [-0.25, -0.2) is 13.2 Å². The summed E-state index contributed by atoms with van der Waals surface area (Å²) in [6.45, 7) is -0.422. The van der Waals surface area contributed by atoms with Crippen LogP contribution in [0.4, 0.5) is 0 Å². The maximum absolute atomic E-state index is 12.0. The summed E-state index contributed by atoms with van der Waals surface area (Å²) in [5.74, 6) is -1.01. The van der Waals surface area contributed by atoms with Crippen LogP contribution in [0.3, 0.4) is 0 Å². The molecule has 0 radical (unpaired) electrons. The van der Waals surface area contributed by atoms with E-state index in [1.54, 1.807) is 12.1 Å². The van der Waals surface area contributed by atoms with Gasteiger partial charge in [0.15, 0.2) is 16.4 Å². The fourth-order valence-corrected chi connectivity index (χ4v) is 4.08. The van der Waals surface area contributed by atoms with Crippen LogP contribution < -0.4 is 0 Å². The van der Waals surface area contributed by atoms with Gasteiger partial charge in [-0.2, -0.15) is 0 Å². The minimum Gasteiger partial charge on any atom is -0.452 e. The van der Waals surface area contributed by atoms with Crippen molar-refractivity contribution in [2.75, 3.05) is 25.2 Å². The minimum atomic E-state index is -3.07. The summed E-state index contributed by atoms with van der Waals surface area (Å²) in [4.78, 5) is 25.1. The molecule has 1 atom stereocenters. The molecule has 1 aliphatic rings. The van der Waals surface area contributed by atoms with E-state index in [1.807, 2.05) is 0 Å². The summed E-state index contributed by atoms with van der Waals surface area (Å²) < 4.78 is 27.8. The Kier molecular flexibility index (Phi) is 5.08. The van der Waals surface area contributed by atoms with E-state index in [-0.39, 0.29) is 17.5 Å². The van der Waals surface area contributed by atoms with Crippen LogP contribution in [-0.4, -0.2) is 56.4 Å². The summed E-state index contributed by atoms with van der Waals surface area (Å²) in [6, 6.07) is 5.75. The number of esters is 1. The first kappa shape index (κ1) is 16.8. The van der Waals surface area contributed by atoms with Crippen LogP contribution in [0.1, 0.15) is 16.8 Å². The fraction of sp³-hybridized carbons (Fsp3) is 0.429. The molecule has 0 aromatic heterocycles. The van der Waals surface area contributed by atoms with Gasteiger partial charge in [0, 0.05) is 18.1 Å². The Morgan fingerprint density at radius 3 is 2.50 bits per heavy atom. The van der Waals surface area contributed by atoms with Crippen LogP contribution >= 0.6 is 11.6 Å². The lowest BCUT2D eigenvalue weighted by Crippen LogP contribution is -2.40. The molecule has 0 bridgehead atoms. The van der Waals surface area contributed by atoms with Crippen LogP contribution in [0, 0.1) is 0 Å². The third kappa shape index (κ3) is 4.20. The molecular formula is C14H16ClNO5S. The molecule has 1 aliphatic heterocycles. The average molecular weight is 346 g/mol. The largest absolute Gasteiger partial charge is 0.452 e. The lowest BCUT2D eigenvalue weighted by atomic mass is 10.2. The van der Waals surface area contributed by atoms with Gasteiger partial charge in [0.2, 0.25) is 0 Å². The Morgan fingerprint density at radius 2 is 1.95 bits per heavy atom. The first-order valence-corrected chi connectivity index (χ1v) is 8.87. The third-order valence-electron chi connectivity index (χ3n) is 3.56. The van der Waals surface area contributed by atoms with Crippen molar-refractivity contribution in [3.8, 4) is 0 Å². The van der Waals surface area contributed by atoms with Crippen molar-refractivity contribution in [3.63, 3.8) is 0 Å². The molecule has 0 unspecified atom stereocenters. The summed E-state index contributed by atoms with van der Waals surface area (Å²) in [7, 11) is -1.55. The number of hydrogen-bond donors (Lipinski definition) is 0. The number of halogens is 1. The van der Waals surface area contributed by atoms with E-state index in [0.29, 0.717) is 17.0 Å². The number of benzene rings is 1. The predicted octanol–water partition coefficient (Wildman–Crippen LogP) is 1.14. The Labute approximate surface area is 133 Å². The van der Waals surface area contributed by atoms with Gasteiger partial charge in [-0.3, -0.25) is 4.79 Å². The highest BCUT2D eigenvalue weighted by Crippen LogP contribution is 2.17. The number of hydrogen-bond acceptors (Lipinski definition) is 5. The van der Waals surface area contributed by atoms with Gasteiger partial charge in [0.05, 0.1) is 17.1 Å². The number of carbonyl (C=O) groups is 2. The maximum Gasteiger partial charge on any atom is 0.338 e. The summed E-state index contributed by atoms with van der Waals surface area (Å²) in [5.41, 5.74) is 0.295. The Hall–Kier alpha value is -1.60. The molecule has 0 N–H and O–H groups in total. The topological polar surface area (TPSA) is 80.8 Å². The number of rotatable bonds is 4. The Bertz CT molecular complexity index is 671. The van der Waals surface area contributed by atoms with Crippen LogP contribution in [-0.2, 0) is 19.4 Å². The van der Waals surface area contributed by atoms with E-state index in [9.17, 15) is 18.0 Å². The molecule has 2 rings (SSSR count). The lowest BCUT2D eigenvalue weighted by Gasteiger charge is -2.23. The smallest absolute Gasteiger partial charge is 0.338 e. The fourth-order valence-electron chi connectivity index (χ4n) is 2.18. The Morgan fingerprint density at radius 1 is 1.32 bits per heavy atom. The van der Waals surface area contributed by atoms with Crippen LogP contribution in [0.15, 0.2) is 24.3 Å². The van der Waals surface area contributed by atoms with Crippen molar-refractivity contribution in [2.24, 2.45) is 0 Å². The second kappa shape index (κ2) is 6.66. The van der Waals surface area contributed by atoms with Crippen LogP contribution in [0.5, 0.6) is 0 Å². The number of amides is 1. The molecule has 1 amide bonds. The summed E-state index contributed by atoms with van der Waals surface area (Å²) >= 11 is 5.72. The monoisotopic (exact) mass is 345 g/mol. The first-order chi connectivity index (χ1) is 10.3. The average Bonchev–Trinajstić information content (AvgIpc) is 2.84. The number of ether oxygens (including phenoxy) is 1. The first-order valence-electron chi connectivity index (χ1n) is 6.67. The molecule has 1 aromatic carbocycles. The number of nitrogens with zero attached hydrogens (tertiary/aromatic N) is 1. The molecule has 0 spiro atoms. The zero-order chi connectivity index (χ0) is 16.3. The number of sulfone groups is 1. The predicted molar refractivity (Wildman–Crippen MR) is 81.6 cm³/mol. The lowest BCUT2D eigenvalue weighted by molar-refractivity contribution is -0.134. The highest BCUT2D eigenvalue weighted by Gasteiger charge is 2.32. The minimum absolute atomic E-state index is 0.0413. The van der Waals surface area contributed by atoms with E-state index in [2.05, 4.69) is 0 Å². The van der Waals surface area contributed by atoms with Gasteiger partial charge in [-0.15, -0.1) is 0 Å². The molecule has 1 fully saturated rings. The molecule has 1 saturated heterocycles. The molecule has 1 heterocycles. The summed E-state index contributed by atoms with van der Waals surface area (Å²) in [5, 5.41) is 0.495.